The van der Waals surface area contributed by atoms with Gasteiger partial charge >= 0.3 is 6.18 Å². The minimum absolute atomic E-state index is 0.0987. The van der Waals surface area contributed by atoms with E-state index < -0.39 is 11.7 Å². The van der Waals surface area contributed by atoms with E-state index in [1.165, 1.54) is 12.1 Å². The van der Waals surface area contributed by atoms with Crippen molar-refractivity contribution in [2.24, 2.45) is 0 Å². The van der Waals surface area contributed by atoms with Gasteiger partial charge in [-0.1, -0.05) is 115 Å². The molecule has 0 unspecified atom stereocenters. The molecule has 0 amide bonds. The summed E-state index contributed by atoms with van der Waals surface area (Å²) in [7, 11) is 0. The van der Waals surface area contributed by atoms with Crippen molar-refractivity contribution in [3.8, 4) is 56.9 Å². The second kappa shape index (κ2) is 13.4. The van der Waals surface area contributed by atoms with Crippen LogP contribution in [0.3, 0.4) is 0 Å². The van der Waals surface area contributed by atoms with Crippen LogP contribution in [0.1, 0.15) is 16.7 Å². The highest BCUT2D eigenvalue weighted by Gasteiger charge is 2.35. The van der Waals surface area contributed by atoms with Crippen molar-refractivity contribution >= 4 is 43.6 Å². The number of aromatic nitrogens is 2. The quantitative estimate of drug-likeness (QED) is 0.176. The summed E-state index contributed by atoms with van der Waals surface area (Å²) in [5.74, 6) is 0. The summed E-state index contributed by atoms with van der Waals surface area (Å²) in [6.45, 7) is 0. The standard InChI is InChI=1S/C51H29F3N4/c52-51(53,54)44-25-32(30-55)19-22-38(44)37-28-49(57-45-17-9-7-15-39(45)41-26-35(20-23-47(41)57)33-11-3-1-4-12-33)43(31-56)50(29-37)58-46-18-10-8-16-40(46)42-27-36(21-24-48(42)58)34-13-5-2-6-14-34/h1-29H. The number of nitriles is 2. The average molecular weight is 755 g/mol. The summed E-state index contributed by atoms with van der Waals surface area (Å²) in [5.41, 5.74) is 7.57. The van der Waals surface area contributed by atoms with Crippen LogP contribution in [-0.4, -0.2) is 9.13 Å². The molecule has 58 heavy (non-hydrogen) atoms. The molecule has 0 bridgehead atoms. The van der Waals surface area contributed by atoms with Gasteiger partial charge in [-0.15, -0.1) is 0 Å². The lowest BCUT2D eigenvalue weighted by molar-refractivity contribution is -0.137. The molecule has 0 atom stereocenters. The van der Waals surface area contributed by atoms with Gasteiger partial charge in [0.25, 0.3) is 0 Å². The van der Waals surface area contributed by atoms with E-state index in [0.717, 1.165) is 71.9 Å². The summed E-state index contributed by atoms with van der Waals surface area (Å²) < 4.78 is 48.9. The monoisotopic (exact) mass is 754 g/mol. The van der Waals surface area contributed by atoms with Crippen molar-refractivity contribution in [3.63, 3.8) is 0 Å². The van der Waals surface area contributed by atoms with Crippen LogP contribution in [0.5, 0.6) is 0 Å². The van der Waals surface area contributed by atoms with Crippen LogP contribution in [0, 0.1) is 22.7 Å². The lowest BCUT2D eigenvalue weighted by atomic mass is 9.94. The Hall–Kier alpha value is -7.87. The molecule has 8 aromatic carbocycles. The number of hydrogen-bond acceptors (Lipinski definition) is 2. The van der Waals surface area contributed by atoms with Gasteiger partial charge in [0.2, 0.25) is 0 Å². The third kappa shape index (κ3) is 5.52. The smallest absolute Gasteiger partial charge is 0.308 e. The zero-order valence-corrected chi connectivity index (χ0v) is 30.7. The van der Waals surface area contributed by atoms with Crippen LogP contribution in [0.15, 0.2) is 176 Å². The topological polar surface area (TPSA) is 57.4 Å². The Balaban J connectivity index is 1.33. The summed E-state index contributed by atoms with van der Waals surface area (Å²) in [4.78, 5) is 0. The molecule has 0 N–H and O–H groups in total. The predicted molar refractivity (Wildman–Crippen MR) is 226 cm³/mol. The molecule has 0 saturated carbocycles. The Morgan fingerprint density at radius 2 is 0.862 bits per heavy atom. The molecule has 274 valence electrons. The molecule has 0 spiro atoms. The first-order chi connectivity index (χ1) is 28.3. The minimum atomic E-state index is -4.77. The number of halogens is 3. The fraction of sp³-hybridized carbons (Fsp3) is 0.0196. The summed E-state index contributed by atoms with van der Waals surface area (Å²) in [6, 6.07) is 59.6. The maximum Gasteiger partial charge on any atom is 0.417 e. The van der Waals surface area contributed by atoms with Crippen LogP contribution < -0.4 is 0 Å². The number of hydrogen-bond donors (Lipinski definition) is 0. The first-order valence-electron chi connectivity index (χ1n) is 18.7. The number of nitrogens with zero attached hydrogens (tertiary/aromatic N) is 4. The molecule has 0 fully saturated rings. The minimum Gasteiger partial charge on any atom is -0.308 e. The highest BCUT2D eigenvalue weighted by Crippen LogP contribution is 2.44. The third-order valence-corrected chi connectivity index (χ3v) is 11.0. The normalized spacial score (nSPS) is 11.7. The Morgan fingerprint density at radius 3 is 1.33 bits per heavy atom. The van der Waals surface area contributed by atoms with Gasteiger partial charge < -0.3 is 9.13 Å². The molecule has 0 radical (unpaired) electrons. The molecule has 4 nitrogen and oxygen atoms in total. The first kappa shape index (κ1) is 34.6. The van der Waals surface area contributed by atoms with E-state index in [0.29, 0.717) is 11.4 Å². The van der Waals surface area contributed by atoms with Crippen LogP contribution in [0.4, 0.5) is 13.2 Å². The van der Waals surface area contributed by atoms with Gasteiger partial charge in [-0.2, -0.15) is 23.7 Å². The van der Waals surface area contributed by atoms with Crippen LogP contribution in [0.2, 0.25) is 0 Å². The zero-order valence-electron chi connectivity index (χ0n) is 30.7. The largest absolute Gasteiger partial charge is 0.417 e. The Morgan fingerprint density at radius 1 is 0.397 bits per heavy atom. The lowest BCUT2D eigenvalue weighted by Crippen LogP contribution is -2.09. The van der Waals surface area contributed by atoms with Crippen molar-refractivity contribution in [1.29, 1.82) is 10.5 Å². The second-order valence-corrected chi connectivity index (χ2v) is 14.3. The van der Waals surface area contributed by atoms with Crippen LogP contribution >= 0.6 is 0 Å². The molecule has 7 heteroatoms. The summed E-state index contributed by atoms with van der Waals surface area (Å²) >= 11 is 0. The lowest BCUT2D eigenvalue weighted by Gasteiger charge is -2.20. The van der Waals surface area contributed by atoms with Crippen molar-refractivity contribution in [3.05, 3.63) is 193 Å². The molecule has 0 saturated heterocycles. The molecular weight excluding hydrogens is 726 g/mol. The maximum atomic E-state index is 15.0. The average Bonchev–Trinajstić information content (AvgIpc) is 3.78. The van der Waals surface area contributed by atoms with E-state index in [4.69, 9.17) is 0 Å². The van der Waals surface area contributed by atoms with E-state index in [-0.39, 0.29) is 22.3 Å². The van der Waals surface area contributed by atoms with Crippen LogP contribution in [0.25, 0.3) is 88.4 Å². The van der Waals surface area contributed by atoms with Gasteiger partial charge in [-0.25, -0.2) is 0 Å². The predicted octanol–water partition coefficient (Wildman–Crippen LogP) is 13.6. The first-order valence-corrected chi connectivity index (χ1v) is 18.7. The Kier molecular flexibility index (Phi) is 8.00. The molecule has 2 heterocycles. The summed E-state index contributed by atoms with van der Waals surface area (Å²) in [5, 5.41) is 24.7. The number of para-hydroxylation sites is 2. The summed E-state index contributed by atoms with van der Waals surface area (Å²) in [6.07, 6.45) is -4.77. The van der Waals surface area contributed by atoms with E-state index in [9.17, 15) is 23.7 Å². The van der Waals surface area contributed by atoms with Crippen molar-refractivity contribution in [2.75, 3.05) is 0 Å². The molecular formula is C51H29F3N4. The van der Waals surface area contributed by atoms with Crippen LogP contribution in [-0.2, 0) is 6.18 Å². The van der Waals surface area contributed by atoms with Crippen molar-refractivity contribution in [1.82, 2.24) is 9.13 Å². The van der Waals surface area contributed by atoms with Gasteiger partial charge in [0.05, 0.1) is 50.6 Å². The molecule has 0 aliphatic rings. The molecule has 10 aromatic rings. The van der Waals surface area contributed by atoms with E-state index in [1.807, 2.05) is 149 Å². The molecule has 0 aliphatic carbocycles. The Labute approximate surface area is 331 Å². The van der Waals surface area contributed by atoms with Crippen molar-refractivity contribution in [2.45, 2.75) is 6.18 Å². The third-order valence-electron chi connectivity index (χ3n) is 11.0. The van der Waals surface area contributed by atoms with Crippen molar-refractivity contribution < 1.29 is 13.2 Å². The number of benzene rings is 8. The highest BCUT2D eigenvalue weighted by atomic mass is 19.4. The highest BCUT2D eigenvalue weighted by molar-refractivity contribution is 6.12. The molecule has 0 aliphatic heterocycles. The number of rotatable bonds is 5. The number of alkyl halides is 3. The SMILES string of the molecule is N#Cc1ccc(-c2cc(-n3c4ccccc4c4cc(-c5ccccc5)ccc43)c(C#N)c(-n3c4ccccc4c4cc(-c5ccccc5)ccc43)c2)c(C(F)(F)F)c1. The second-order valence-electron chi connectivity index (χ2n) is 14.3. The number of fused-ring (bicyclic) bond motifs is 6. The van der Waals surface area contributed by atoms with Gasteiger partial charge in [0.15, 0.2) is 0 Å². The zero-order chi connectivity index (χ0) is 39.5. The Bertz CT molecular complexity index is 3160. The maximum absolute atomic E-state index is 15.0. The van der Waals surface area contributed by atoms with E-state index in [2.05, 4.69) is 18.2 Å². The molecule has 2 aromatic heterocycles. The fourth-order valence-electron chi connectivity index (χ4n) is 8.42. The fourth-order valence-corrected chi connectivity index (χ4v) is 8.42. The van der Waals surface area contributed by atoms with Gasteiger partial charge in [-0.3, -0.25) is 0 Å². The van der Waals surface area contributed by atoms with E-state index >= 15 is 0 Å². The van der Waals surface area contributed by atoms with Gasteiger partial charge in [-0.05, 0) is 94.0 Å². The van der Waals surface area contributed by atoms with E-state index in [1.54, 1.807) is 12.1 Å². The van der Waals surface area contributed by atoms with Gasteiger partial charge in [0.1, 0.15) is 11.6 Å². The van der Waals surface area contributed by atoms with Gasteiger partial charge in [0, 0.05) is 21.5 Å². The molecule has 10 rings (SSSR count).